The van der Waals surface area contributed by atoms with E-state index in [0.29, 0.717) is 5.02 Å². The lowest BCUT2D eigenvalue weighted by Crippen LogP contribution is -2.22. The zero-order valence-corrected chi connectivity index (χ0v) is 12.8. The Labute approximate surface area is 129 Å². The zero-order valence-electron chi connectivity index (χ0n) is 12.1. The van der Waals surface area contributed by atoms with Crippen molar-refractivity contribution in [2.75, 3.05) is 36.2 Å². The predicted molar refractivity (Wildman–Crippen MR) is 89.3 cm³/mol. The van der Waals surface area contributed by atoms with Crippen molar-refractivity contribution in [2.24, 2.45) is 0 Å². The van der Waals surface area contributed by atoms with Crippen molar-refractivity contribution in [3.05, 3.63) is 53.6 Å². The summed E-state index contributed by atoms with van der Waals surface area (Å²) in [7, 11) is 3.93. The topological polar surface area (TPSA) is 44.4 Å². The van der Waals surface area contributed by atoms with Crippen molar-refractivity contribution in [1.29, 1.82) is 0 Å². The molecule has 0 bridgehead atoms. The summed E-state index contributed by atoms with van der Waals surface area (Å²) >= 11 is 5.81. The quantitative estimate of drug-likeness (QED) is 0.889. The molecule has 4 nitrogen and oxygen atoms in total. The molecule has 0 aromatic heterocycles. The Morgan fingerprint density at radius 1 is 1.10 bits per heavy atom. The van der Waals surface area contributed by atoms with Crippen LogP contribution in [0.3, 0.4) is 0 Å². The van der Waals surface area contributed by atoms with E-state index in [4.69, 9.17) is 11.6 Å². The minimum atomic E-state index is -0.106. The van der Waals surface area contributed by atoms with Crippen LogP contribution in [-0.4, -0.2) is 26.5 Å². The lowest BCUT2D eigenvalue weighted by Gasteiger charge is -2.18. The van der Waals surface area contributed by atoms with Crippen LogP contribution in [0.25, 0.3) is 0 Å². The first-order chi connectivity index (χ1) is 10.1. The molecule has 2 rings (SSSR count). The second-order valence-electron chi connectivity index (χ2n) is 4.82. The van der Waals surface area contributed by atoms with Crippen molar-refractivity contribution in [2.45, 2.75) is 0 Å². The van der Waals surface area contributed by atoms with Gasteiger partial charge in [-0.05, 0) is 36.4 Å². The maximum Gasteiger partial charge on any atom is 0.243 e. The molecule has 110 valence electrons. The van der Waals surface area contributed by atoms with E-state index in [2.05, 4.69) is 10.6 Å². The SMILES string of the molecule is CN(C)c1ccccc1NCC(=O)Nc1ccc(Cl)cc1. The standard InChI is InChI=1S/C16H18ClN3O/c1-20(2)15-6-4-3-5-14(15)18-11-16(21)19-13-9-7-12(17)8-10-13/h3-10,18H,11H2,1-2H3,(H,19,21). The van der Waals surface area contributed by atoms with Crippen molar-refractivity contribution in [1.82, 2.24) is 0 Å². The maximum atomic E-state index is 11.9. The van der Waals surface area contributed by atoms with E-state index in [9.17, 15) is 4.79 Å². The van der Waals surface area contributed by atoms with Crippen LogP contribution < -0.4 is 15.5 Å². The molecule has 1 amide bonds. The molecule has 0 spiro atoms. The van der Waals surface area contributed by atoms with Gasteiger partial charge in [-0.25, -0.2) is 0 Å². The summed E-state index contributed by atoms with van der Waals surface area (Å²) in [4.78, 5) is 13.9. The van der Waals surface area contributed by atoms with Gasteiger partial charge in [0.2, 0.25) is 5.91 Å². The summed E-state index contributed by atoms with van der Waals surface area (Å²) in [5, 5.41) is 6.61. The minimum absolute atomic E-state index is 0.106. The fourth-order valence-corrected chi connectivity index (χ4v) is 2.05. The van der Waals surface area contributed by atoms with Gasteiger partial charge in [0.05, 0.1) is 17.9 Å². The summed E-state index contributed by atoms with van der Waals surface area (Å²) in [6, 6.07) is 14.9. The van der Waals surface area contributed by atoms with Crippen molar-refractivity contribution < 1.29 is 4.79 Å². The van der Waals surface area contributed by atoms with E-state index in [0.717, 1.165) is 17.1 Å². The number of anilines is 3. The first kappa shape index (κ1) is 15.2. The van der Waals surface area contributed by atoms with Gasteiger partial charge in [-0.15, -0.1) is 0 Å². The van der Waals surface area contributed by atoms with Crippen LogP contribution >= 0.6 is 11.6 Å². The average molecular weight is 304 g/mol. The lowest BCUT2D eigenvalue weighted by molar-refractivity contribution is -0.114. The third-order valence-corrected chi connectivity index (χ3v) is 3.21. The average Bonchev–Trinajstić information content (AvgIpc) is 2.48. The minimum Gasteiger partial charge on any atom is -0.376 e. The molecule has 0 unspecified atom stereocenters. The van der Waals surface area contributed by atoms with Gasteiger partial charge in [-0.1, -0.05) is 23.7 Å². The number of halogens is 1. The van der Waals surface area contributed by atoms with Gasteiger partial charge in [0.25, 0.3) is 0 Å². The number of hydrogen-bond acceptors (Lipinski definition) is 3. The third kappa shape index (κ3) is 4.39. The van der Waals surface area contributed by atoms with Crippen LogP contribution in [0.5, 0.6) is 0 Å². The van der Waals surface area contributed by atoms with Gasteiger partial charge < -0.3 is 15.5 Å². The van der Waals surface area contributed by atoms with E-state index in [1.54, 1.807) is 24.3 Å². The molecule has 2 aromatic carbocycles. The largest absolute Gasteiger partial charge is 0.376 e. The van der Waals surface area contributed by atoms with Gasteiger partial charge in [0.15, 0.2) is 0 Å². The summed E-state index contributed by atoms with van der Waals surface area (Å²) in [5.74, 6) is -0.106. The molecular formula is C16H18ClN3O. The Kier molecular flexibility index (Phi) is 5.06. The predicted octanol–water partition coefficient (Wildman–Crippen LogP) is 3.46. The summed E-state index contributed by atoms with van der Waals surface area (Å²) in [6.45, 7) is 0.202. The highest BCUT2D eigenvalue weighted by Gasteiger charge is 2.06. The number of nitrogens with zero attached hydrogens (tertiary/aromatic N) is 1. The summed E-state index contributed by atoms with van der Waals surface area (Å²) in [6.07, 6.45) is 0. The molecule has 0 heterocycles. The molecule has 0 saturated heterocycles. The molecule has 5 heteroatoms. The first-order valence-corrected chi connectivity index (χ1v) is 6.99. The molecule has 0 saturated carbocycles. The Morgan fingerprint density at radius 2 is 1.76 bits per heavy atom. The van der Waals surface area contributed by atoms with E-state index in [1.165, 1.54) is 0 Å². The van der Waals surface area contributed by atoms with E-state index in [1.807, 2.05) is 43.3 Å². The monoisotopic (exact) mass is 303 g/mol. The molecule has 21 heavy (non-hydrogen) atoms. The first-order valence-electron chi connectivity index (χ1n) is 6.62. The molecule has 0 aliphatic carbocycles. The highest BCUT2D eigenvalue weighted by molar-refractivity contribution is 6.30. The van der Waals surface area contributed by atoms with E-state index < -0.39 is 0 Å². The van der Waals surface area contributed by atoms with Gasteiger partial charge in [0, 0.05) is 24.8 Å². The number of nitrogens with one attached hydrogen (secondary N) is 2. The molecule has 0 aliphatic heterocycles. The fourth-order valence-electron chi connectivity index (χ4n) is 1.93. The van der Waals surface area contributed by atoms with Crippen LogP contribution in [0.2, 0.25) is 5.02 Å². The van der Waals surface area contributed by atoms with Crippen molar-refractivity contribution in [3.8, 4) is 0 Å². The Bertz CT molecular complexity index is 611. The molecule has 0 fully saturated rings. The van der Waals surface area contributed by atoms with E-state index in [-0.39, 0.29) is 12.5 Å². The molecule has 0 atom stereocenters. The number of para-hydroxylation sites is 2. The lowest BCUT2D eigenvalue weighted by atomic mass is 10.2. The summed E-state index contributed by atoms with van der Waals surface area (Å²) in [5.41, 5.74) is 2.69. The van der Waals surface area contributed by atoms with E-state index >= 15 is 0 Å². The normalized spacial score (nSPS) is 10.0. The van der Waals surface area contributed by atoms with Gasteiger partial charge >= 0.3 is 0 Å². The van der Waals surface area contributed by atoms with Crippen molar-refractivity contribution in [3.63, 3.8) is 0 Å². The molecule has 2 aromatic rings. The highest BCUT2D eigenvalue weighted by atomic mass is 35.5. The second kappa shape index (κ2) is 6.99. The maximum absolute atomic E-state index is 11.9. The Morgan fingerprint density at radius 3 is 2.43 bits per heavy atom. The highest BCUT2D eigenvalue weighted by Crippen LogP contribution is 2.23. The van der Waals surface area contributed by atoms with Crippen LogP contribution in [-0.2, 0) is 4.79 Å². The zero-order chi connectivity index (χ0) is 15.2. The van der Waals surface area contributed by atoms with Crippen molar-refractivity contribution >= 4 is 34.6 Å². The van der Waals surface area contributed by atoms with Gasteiger partial charge in [-0.3, -0.25) is 4.79 Å². The van der Waals surface area contributed by atoms with Crippen LogP contribution in [0.1, 0.15) is 0 Å². The Hall–Kier alpha value is -2.20. The number of amides is 1. The number of hydrogen-bond donors (Lipinski definition) is 2. The summed E-state index contributed by atoms with van der Waals surface area (Å²) < 4.78 is 0. The van der Waals surface area contributed by atoms with Crippen LogP contribution in [0, 0.1) is 0 Å². The molecule has 0 radical (unpaired) electrons. The molecular weight excluding hydrogens is 286 g/mol. The molecule has 0 aliphatic rings. The number of benzene rings is 2. The Balaban J connectivity index is 1.94. The number of carbonyl (C=O) groups excluding carboxylic acids is 1. The number of rotatable bonds is 5. The number of carbonyl (C=O) groups is 1. The fraction of sp³-hybridized carbons (Fsp3) is 0.188. The molecule has 2 N–H and O–H groups in total. The van der Waals surface area contributed by atoms with Gasteiger partial charge in [0.1, 0.15) is 0 Å². The second-order valence-corrected chi connectivity index (χ2v) is 5.26. The third-order valence-electron chi connectivity index (χ3n) is 2.95. The van der Waals surface area contributed by atoms with Gasteiger partial charge in [-0.2, -0.15) is 0 Å². The van der Waals surface area contributed by atoms with Crippen LogP contribution in [0.4, 0.5) is 17.1 Å². The van der Waals surface area contributed by atoms with Crippen LogP contribution in [0.15, 0.2) is 48.5 Å². The smallest absolute Gasteiger partial charge is 0.243 e.